The third kappa shape index (κ3) is 2.98. The molecule has 0 unspecified atom stereocenters. The molecule has 3 rings (SSSR count). The fourth-order valence-electron chi connectivity index (χ4n) is 2.16. The second kappa shape index (κ2) is 6.03. The SMILES string of the molecule is COc1ccc2cc(CNCc3nccs3)ccc2c1. The van der Waals surface area contributed by atoms with Crippen LogP contribution in [-0.2, 0) is 13.1 Å². The smallest absolute Gasteiger partial charge is 0.119 e. The third-order valence-electron chi connectivity index (χ3n) is 3.20. The van der Waals surface area contributed by atoms with Crippen LogP contribution in [0.4, 0.5) is 0 Å². The minimum atomic E-state index is 0.818. The van der Waals surface area contributed by atoms with Crippen LogP contribution in [0.3, 0.4) is 0 Å². The van der Waals surface area contributed by atoms with Crippen LogP contribution in [0.15, 0.2) is 48.0 Å². The van der Waals surface area contributed by atoms with Gasteiger partial charge in [-0.2, -0.15) is 0 Å². The molecule has 0 aliphatic heterocycles. The van der Waals surface area contributed by atoms with E-state index in [1.165, 1.54) is 16.3 Å². The molecule has 1 N–H and O–H groups in total. The molecule has 4 heteroatoms. The topological polar surface area (TPSA) is 34.1 Å². The summed E-state index contributed by atoms with van der Waals surface area (Å²) >= 11 is 1.68. The van der Waals surface area contributed by atoms with Gasteiger partial charge in [-0.3, -0.25) is 0 Å². The van der Waals surface area contributed by atoms with Gasteiger partial charge in [-0.05, 0) is 34.5 Å². The Morgan fingerprint density at radius 2 is 1.95 bits per heavy atom. The molecule has 0 aliphatic carbocycles. The number of aromatic nitrogens is 1. The van der Waals surface area contributed by atoms with Crippen molar-refractivity contribution in [3.8, 4) is 5.75 Å². The van der Waals surface area contributed by atoms with Crippen molar-refractivity contribution >= 4 is 22.1 Å². The predicted octanol–water partition coefficient (Wildman–Crippen LogP) is 3.59. The van der Waals surface area contributed by atoms with Crippen LogP contribution in [0.5, 0.6) is 5.75 Å². The first-order chi connectivity index (χ1) is 9.85. The number of hydrogen-bond donors (Lipinski definition) is 1. The Balaban J connectivity index is 1.69. The van der Waals surface area contributed by atoms with Crippen molar-refractivity contribution in [2.24, 2.45) is 0 Å². The maximum Gasteiger partial charge on any atom is 0.119 e. The lowest BCUT2D eigenvalue weighted by molar-refractivity contribution is 0.415. The van der Waals surface area contributed by atoms with E-state index < -0.39 is 0 Å². The third-order valence-corrected chi connectivity index (χ3v) is 3.98. The van der Waals surface area contributed by atoms with Gasteiger partial charge in [0.15, 0.2) is 0 Å². The second-order valence-corrected chi connectivity index (χ2v) is 5.56. The van der Waals surface area contributed by atoms with Crippen LogP contribution in [0.1, 0.15) is 10.6 Å². The van der Waals surface area contributed by atoms with Crippen LogP contribution in [0.2, 0.25) is 0 Å². The molecule has 2 aromatic carbocycles. The highest BCUT2D eigenvalue weighted by atomic mass is 32.1. The van der Waals surface area contributed by atoms with E-state index in [0.717, 1.165) is 23.8 Å². The molecule has 102 valence electrons. The number of methoxy groups -OCH3 is 1. The van der Waals surface area contributed by atoms with Gasteiger partial charge in [0.1, 0.15) is 10.8 Å². The molecule has 20 heavy (non-hydrogen) atoms. The second-order valence-electron chi connectivity index (χ2n) is 4.58. The van der Waals surface area contributed by atoms with E-state index in [-0.39, 0.29) is 0 Å². The zero-order valence-corrected chi connectivity index (χ0v) is 12.1. The van der Waals surface area contributed by atoms with E-state index in [4.69, 9.17) is 4.74 Å². The van der Waals surface area contributed by atoms with E-state index in [1.54, 1.807) is 18.4 Å². The molecule has 3 aromatic rings. The molecule has 0 bridgehead atoms. The maximum atomic E-state index is 5.24. The van der Waals surface area contributed by atoms with Crippen molar-refractivity contribution in [3.63, 3.8) is 0 Å². The summed E-state index contributed by atoms with van der Waals surface area (Å²) in [7, 11) is 1.69. The predicted molar refractivity (Wildman–Crippen MR) is 83.2 cm³/mol. The van der Waals surface area contributed by atoms with E-state index in [9.17, 15) is 0 Å². The van der Waals surface area contributed by atoms with Gasteiger partial charge >= 0.3 is 0 Å². The summed E-state index contributed by atoms with van der Waals surface area (Å²) in [5, 5.41) is 8.97. The largest absolute Gasteiger partial charge is 0.497 e. The Bertz CT molecular complexity index is 695. The number of ether oxygens (including phenoxy) is 1. The normalized spacial score (nSPS) is 10.8. The summed E-state index contributed by atoms with van der Waals surface area (Å²) in [5.41, 5.74) is 1.28. The maximum absolute atomic E-state index is 5.24. The van der Waals surface area contributed by atoms with Gasteiger partial charge in [0.05, 0.1) is 7.11 Å². The Morgan fingerprint density at radius 3 is 2.75 bits per heavy atom. The molecule has 0 amide bonds. The van der Waals surface area contributed by atoms with Crippen molar-refractivity contribution in [2.45, 2.75) is 13.1 Å². The van der Waals surface area contributed by atoms with Crippen molar-refractivity contribution in [2.75, 3.05) is 7.11 Å². The van der Waals surface area contributed by atoms with Gasteiger partial charge in [-0.25, -0.2) is 4.98 Å². The van der Waals surface area contributed by atoms with Crippen molar-refractivity contribution in [1.29, 1.82) is 0 Å². The minimum Gasteiger partial charge on any atom is -0.497 e. The summed E-state index contributed by atoms with van der Waals surface area (Å²) in [6.45, 7) is 1.67. The van der Waals surface area contributed by atoms with Crippen LogP contribution in [0, 0.1) is 0 Å². The molecule has 0 spiro atoms. The first-order valence-corrected chi connectivity index (χ1v) is 7.39. The highest BCUT2D eigenvalue weighted by Crippen LogP contribution is 2.21. The standard InChI is InChI=1S/C16H16N2OS/c1-19-15-5-4-13-8-12(2-3-14(13)9-15)10-17-11-16-18-6-7-20-16/h2-9,17H,10-11H2,1H3. The molecular formula is C16H16N2OS. The molecule has 3 nitrogen and oxygen atoms in total. The van der Waals surface area contributed by atoms with Crippen molar-refractivity contribution in [1.82, 2.24) is 10.3 Å². The average molecular weight is 284 g/mol. The highest BCUT2D eigenvalue weighted by Gasteiger charge is 2.00. The van der Waals surface area contributed by atoms with Gasteiger partial charge in [0.25, 0.3) is 0 Å². The molecule has 0 radical (unpaired) electrons. The molecule has 0 saturated heterocycles. The van der Waals surface area contributed by atoms with Crippen LogP contribution >= 0.6 is 11.3 Å². The lowest BCUT2D eigenvalue weighted by Crippen LogP contribution is -2.12. The summed E-state index contributed by atoms with van der Waals surface area (Å²) in [6.07, 6.45) is 1.84. The van der Waals surface area contributed by atoms with Gasteiger partial charge in [0.2, 0.25) is 0 Å². The Hall–Kier alpha value is -1.91. The first-order valence-electron chi connectivity index (χ1n) is 6.51. The van der Waals surface area contributed by atoms with Gasteiger partial charge in [0, 0.05) is 24.7 Å². The Labute approximate surface area is 122 Å². The Morgan fingerprint density at radius 1 is 1.10 bits per heavy atom. The van der Waals surface area contributed by atoms with Crippen molar-refractivity contribution in [3.05, 3.63) is 58.5 Å². The molecule has 0 aliphatic rings. The number of nitrogens with one attached hydrogen (secondary N) is 1. The minimum absolute atomic E-state index is 0.818. The number of benzene rings is 2. The number of rotatable bonds is 5. The Kier molecular flexibility index (Phi) is 3.95. The quantitative estimate of drug-likeness (QED) is 0.777. The van der Waals surface area contributed by atoms with Crippen LogP contribution in [0.25, 0.3) is 10.8 Å². The fraction of sp³-hybridized carbons (Fsp3) is 0.188. The molecule has 0 saturated carbocycles. The fourth-order valence-corrected chi connectivity index (χ4v) is 2.75. The average Bonchev–Trinajstić information content (AvgIpc) is 3.00. The number of fused-ring (bicyclic) bond motifs is 1. The van der Waals surface area contributed by atoms with E-state index in [2.05, 4.69) is 40.6 Å². The number of nitrogens with zero attached hydrogens (tertiary/aromatic N) is 1. The summed E-state index contributed by atoms with van der Waals surface area (Å²) in [4.78, 5) is 4.26. The molecule has 1 aromatic heterocycles. The molecule has 0 atom stereocenters. The van der Waals surface area contributed by atoms with Gasteiger partial charge < -0.3 is 10.1 Å². The van der Waals surface area contributed by atoms with Crippen LogP contribution in [-0.4, -0.2) is 12.1 Å². The lowest BCUT2D eigenvalue weighted by atomic mass is 10.1. The van der Waals surface area contributed by atoms with E-state index in [1.807, 2.05) is 17.6 Å². The molecular weight excluding hydrogens is 268 g/mol. The summed E-state index contributed by atoms with van der Waals surface area (Å²) < 4.78 is 5.24. The van der Waals surface area contributed by atoms with Gasteiger partial charge in [-0.15, -0.1) is 11.3 Å². The number of hydrogen-bond acceptors (Lipinski definition) is 4. The summed E-state index contributed by atoms with van der Waals surface area (Å²) in [6, 6.07) is 12.6. The van der Waals surface area contributed by atoms with E-state index in [0.29, 0.717) is 0 Å². The molecule has 0 fully saturated rings. The van der Waals surface area contributed by atoms with Gasteiger partial charge in [-0.1, -0.05) is 18.2 Å². The number of thiazole rings is 1. The van der Waals surface area contributed by atoms with Crippen molar-refractivity contribution < 1.29 is 4.74 Å². The monoisotopic (exact) mass is 284 g/mol. The van der Waals surface area contributed by atoms with Crippen LogP contribution < -0.4 is 10.1 Å². The first kappa shape index (κ1) is 13.1. The zero-order valence-electron chi connectivity index (χ0n) is 11.3. The summed E-state index contributed by atoms with van der Waals surface area (Å²) in [5.74, 6) is 0.896. The lowest BCUT2D eigenvalue weighted by Gasteiger charge is -2.06. The zero-order chi connectivity index (χ0) is 13.8. The highest BCUT2D eigenvalue weighted by molar-refractivity contribution is 7.09. The van der Waals surface area contributed by atoms with E-state index >= 15 is 0 Å². The molecule has 1 heterocycles.